The molecule has 0 spiro atoms. The Balaban J connectivity index is 1.72. The first kappa shape index (κ1) is 17.1. The zero-order chi connectivity index (χ0) is 17.9. The smallest absolute Gasteiger partial charge is 0.253 e. The number of benzene rings is 1. The molecular formula is C19H17ClFN3O2. The second kappa shape index (κ2) is 7.51. The molecule has 1 aromatic carbocycles. The zero-order valence-corrected chi connectivity index (χ0v) is 14.7. The van der Waals surface area contributed by atoms with Crippen molar-refractivity contribution >= 4 is 22.6 Å². The van der Waals surface area contributed by atoms with Gasteiger partial charge in [0.25, 0.3) is 5.88 Å². The predicted octanol–water partition coefficient (Wildman–Crippen LogP) is 4.36. The van der Waals surface area contributed by atoms with Crippen molar-refractivity contribution in [3.05, 3.63) is 59.3 Å². The van der Waals surface area contributed by atoms with E-state index in [9.17, 15) is 4.39 Å². The van der Waals surface area contributed by atoms with Crippen LogP contribution in [0.5, 0.6) is 5.88 Å². The topological polar surface area (TPSA) is 57.1 Å². The fourth-order valence-corrected chi connectivity index (χ4v) is 3.37. The monoisotopic (exact) mass is 373 g/mol. The highest BCUT2D eigenvalue weighted by Gasteiger charge is 2.31. The molecule has 3 aromatic rings. The molecule has 5 nitrogen and oxygen atoms in total. The summed E-state index contributed by atoms with van der Waals surface area (Å²) in [6.45, 7) is 1.23. The molecule has 0 bridgehead atoms. The quantitative estimate of drug-likeness (QED) is 0.680. The summed E-state index contributed by atoms with van der Waals surface area (Å²) < 4.78 is 26.0. The van der Waals surface area contributed by atoms with Crippen molar-refractivity contribution in [1.29, 1.82) is 0 Å². The summed E-state index contributed by atoms with van der Waals surface area (Å²) in [7, 11) is 0. The van der Waals surface area contributed by atoms with Gasteiger partial charge >= 0.3 is 0 Å². The molecule has 26 heavy (non-hydrogen) atoms. The van der Waals surface area contributed by atoms with Crippen molar-refractivity contribution in [3.63, 3.8) is 0 Å². The molecule has 2 aromatic heterocycles. The van der Waals surface area contributed by atoms with E-state index in [-0.39, 0.29) is 22.8 Å². The van der Waals surface area contributed by atoms with Crippen LogP contribution in [0, 0.1) is 11.7 Å². The summed E-state index contributed by atoms with van der Waals surface area (Å²) in [5, 5.41) is 0.157. The van der Waals surface area contributed by atoms with Crippen LogP contribution >= 0.6 is 11.6 Å². The Morgan fingerprint density at radius 1 is 1.12 bits per heavy atom. The Morgan fingerprint density at radius 2 is 1.85 bits per heavy atom. The molecule has 0 N–H and O–H groups in total. The van der Waals surface area contributed by atoms with Crippen LogP contribution in [-0.4, -0.2) is 28.2 Å². The lowest BCUT2D eigenvalue weighted by Gasteiger charge is -2.30. The van der Waals surface area contributed by atoms with E-state index < -0.39 is 6.10 Å². The van der Waals surface area contributed by atoms with E-state index >= 15 is 0 Å². The van der Waals surface area contributed by atoms with Gasteiger partial charge in [0.05, 0.1) is 11.0 Å². The molecule has 1 aliphatic heterocycles. The number of ether oxygens (including phenoxy) is 2. The molecule has 1 atom stereocenters. The van der Waals surface area contributed by atoms with Crippen LogP contribution < -0.4 is 4.74 Å². The second-order valence-corrected chi connectivity index (χ2v) is 6.55. The van der Waals surface area contributed by atoms with Gasteiger partial charge in [-0.2, -0.15) is 0 Å². The maximum absolute atomic E-state index is 14.4. The number of para-hydroxylation sites is 2. The lowest BCUT2D eigenvalue weighted by molar-refractivity contribution is 0.0144. The van der Waals surface area contributed by atoms with Gasteiger partial charge < -0.3 is 9.47 Å². The van der Waals surface area contributed by atoms with Crippen molar-refractivity contribution in [3.8, 4) is 5.88 Å². The number of fused-ring (bicyclic) bond motifs is 1. The molecule has 1 aliphatic rings. The molecule has 1 unspecified atom stereocenters. The van der Waals surface area contributed by atoms with Gasteiger partial charge in [-0.3, -0.25) is 4.98 Å². The zero-order valence-electron chi connectivity index (χ0n) is 13.9. The second-order valence-electron chi connectivity index (χ2n) is 6.19. The van der Waals surface area contributed by atoms with Crippen molar-refractivity contribution in [2.45, 2.75) is 18.9 Å². The van der Waals surface area contributed by atoms with Crippen LogP contribution in [0.1, 0.15) is 24.5 Å². The van der Waals surface area contributed by atoms with Crippen molar-refractivity contribution < 1.29 is 13.9 Å². The third-order valence-electron chi connectivity index (χ3n) is 4.53. The van der Waals surface area contributed by atoms with E-state index in [2.05, 4.69) is 15.0 Å². The van der Waals surface area contributed by atoms with Gasteiger partial charge in [-0.25, -0.2) is 14.4 Å². The summed E-state index contributed by atoms with van der Waals surface area (Å²) in [5.41, 5.74) is 1.75. The molecule has 0 saturated carbocycles. The Hall–Kier alpha value is -2.31. The molecule has 1 fully saturated rings. The molecule has 134 valence electrons. The van der Waals surface area contributed by atoms with Crippen molar-refractivity contribution in [2.75, 3.05) is 13.2 Å². The third-order valence-corrected chi connectivity index (χ3v) is 4.78. The number of rotatable bonds is 4. The fraction of sp³-hybridized carbons (Fsp3) is 0.316. The summed E-state index contributed by atoms with van der Waals surface area (Å²) in [4.78, 5) is 12.9. The molecule has 1 saturated heterocycles. The minimum absolute atomic E-state index is 0.0757. The van der Waals surface area contributed by atoms with E-state index in [4.69, 9.17) is 21.1 Å². The van der Waals surface area contributed by atoms with Crippen LogP contribution in [0.3, 0.4) is 0 Å². The Labute approximate surface area is 155 Å². The highest BCUT2D eigenvalue weighted by atomic mass is 35.5. The van der Waals surface area contributed by atoms with Crippen LogP contribution in [0.2, 0.25) is 5.15 Å². The molecule has 0 radical (unpaired) electrons. The highest BCUT2D eigenvalue weighted by Crippen LogP contribution is 2.36. The van der Waals surface area contributed by atoms with Gasteiger partial charge in [0, 0.05) is 37.1 Å². The normalized spacial score (nSPS) is 16.5. The number of hydrogen-bond acceptors (Lipinski definition) is 5. The molecule has 0 aliphatic carbocycles. The summed E-state index contributed by atoms with van der Waals surface area (Å²) >= 11 is 6.28. The Morgan fingerprint density at radius 3 is 2.58 bits per heavy atom. The van der Waals surface area contributed by atoms with Crippen LogP contribution in [0.25, 0.3) is 11.0 Å². The molecular weight excluding hydrogens is 357 g/mol. The van der Waals surface area contributed by atoms with Gasteiger partial charge in [0.15, 0.2) is 5.15 Å². The van der Waals surface area contributed by atoms with Gasteiger partial charge in [-0.1, -0.05) is 23.7 Å². The van der Waals surface area contributed by atoms with E-state index in [1.54, 1.807) is 0 Å². The van der Waals surface area contributed by atoms with Gasteiger partial charge in [0.2, 0.25) is 0 Å². The Kier molecular flexibility index (Phi) is 4.95. The minimum Gasteiger partial charge on any atom is -0.467 e. The number of pyridine rings is 1. The van der Waals surface area contributed by atoms with E-state index in [0.717, 1.165) is 12.8 Å². The first-order chi connectivity index (χ1) is 12.7. The SMILES string of the molecule is Fc1ccncc1C(Oc1nc2ccccc2nc1Cl)C1CCOCC1. The van der Waals surface area contributed by atoms with Gasteiger partial charge in [-0.15, -0.1) is 0 Å². The average Bonchev–Trinajstić information content (AvgIpc) is 2.68. The largest absolute Gasteiger partial charge is 0.467 e. The summed E-state index contributed by atoms with van der Waals surface area (Å²) in [5.74, 6) is -0.0849. The van der Waals surface area contributed by atoms with Gasteiger partial charge in [0.1, 0.15) is 11.9 Å². The number of hydrogen-bond donors (Lipinski definition) is 0. The number of nitrogens with zero attached hydrogens (tertiary/aromatic N) is 3. The molecule has 4 rings (SSSR count). The summed E-state index contributed by atoms with van der Waals surface area (Å²) in [6, 6.07) is 8.72. The van der Waals surface area contributed by atoms with E-state index in [1.165, 1.54) is 18.5 Å². The Bertz CT molecular complexity index is 918. The van der Waals surface area contributed by atoms with Crippen molar-refractivity contribution in [1.82, 2.24) is 15.0 Å². The molecule has 7 heteroatoms. The summed E-state index contributed by atoms with van der Waals surface area (Å²) in [6.07, 6.45) is 3.89. The van der Waals surface area contributed by atoms with E-state index in [0.29, 0.717) is 29.8 Å². The number of aromatic nitrogens is 3. The average molecular weight is 374 g/mol. The highest BCUT2D eigenvalue weighted by molar-refractivity contribution is 6.31. The van der Waals surface area contributed by atoms with Crippen LogP contribution in [0.15, 0.2) is 42.7 Å². The van der Waals surface area contributed by atoms with E-state index in [1.807, 2.05) is 24.3 Å². The maximum atomic E-state index is 14.4. The van der Waals surface area contributed by atoms with Crippen LogP contribution in [0.4, 0.5) is 4.39 Å². The number of halogens is 2. The standard InChI is InChI=1S/C19H17ClFN3O2/c20-18-19(24-16-4-2-1-3-15(16)23-18)26-17(12-6-9-25-10-7-12)13-11-22-8-5-14(13)21/h1-5,8,11-12,17H,6-7,9-10H2. The third kappa shape index (κ3) is 3.48. The van der Waals surface area contributed by atoms with Gasteiger partial charge in [-0.05, 0) is 31.0 Å². The molecule has 3 heterocycles. The van der Waals surface area contributed by atoms with Crippen LogP contribution in [-0.2, 0) is 4.74 Å². The predicted molar refractivity (Wildman–Crippen MR) is 95.7 cm³/mol. The minimum atomic E-state index is -0.555. The fourth-order valence-electron chi connectivity index (χ4n) is 3.19. The first-order valence-electron chi connectivity index (χ1n) is 8.48. The first-order valence-corrected chi connectivity index (χ1v) is 8.86. The lowest BCUT2D eigenvalue weighted by Crippen LogP contribution is -2.27. The molecule has 0 amide bonds. The van der Waals surface area contributed by atoms with Crippen molar-refractivity contribution in [2.24, 2.45) is 5.92 Å². The lowest BCUT2D eigenvalue weighted by atomic mass is 9.89. The maximum Gasteiger partial charge on any atom is 0.253 e.